The number of benzene rings is 1. The van der Waals surface area contributed by atoms with Gasteiger partial charge in [0.1, 0.15) is 6.10 Å². The maximum absolute atomic E-state index is 11.9. The third-order valence-corrected chi connectivity index (χ3v) is 3.57. The van der Waals surface area contributed by atoms with E-state index in [1.54, 1.807) is 6.07 Å². The smallest absolute Gasteiger partial charge is 0.411 e. The largest absolute Gasteiger partial charge is 0.444 e. The first kappa shape index (κ1) is 15.2. The minimum absolute atomic E-state index is 0.0843. The van der Waals surface area contributed by atoms with E-state index >= 15 is 0 Å². The van der Waals surface area contributed by atoms with Crippen LogP contribution in [-0.2, 0) is 4.74 Å². The van der Waals surface area contributed by atoms with Crippen molar-refractivity contribution in [2.75, 3.05) is 5.32 Å². The van der Waals surface area contributed by atoms with Crippen molar-refractivity contribution in [1.82, 2.24) is 0 Å². The molecule has 0 spiro atoms. The van der Waals surface area contributed by atoms with Crippen molar-refractivity contribution >= 4 is 17.5 Å². The Balaban J connectivity index is 1.94. The van der Waals surface area contributed by atoms with Gasteiger partial charge < -0.3 is 10.5 Å². The van der Waals surface area contributed by atoms with Crippen LogP contribution in [0.5, 0.6) is 0 Å². The van der Waals surface area contributed by atoms with Gasteiger partial charge in [-0.15, -0.1) is 0 Å². The molecule has 1 aliphatic rings. The lowest BCUT2D eigenvalue weighted by atomic mass is 10.1. The molecular weight excluding hydrogens is 274 g/mol. The van der Waals surface area contributed by atoms with Crippen LogP contribution in [0.1, 0.15) is 32.1 Å². The number of nitrogens with zero attached hydrogens (tertiary/aromatic N) is 1. The number of rotatable bonds is 3. The predicted octanol–water partition coefficient (Wildman–Crippen LogP) is 2.80. The molecule has 2 atom stereocenters. The summed E-state index contributed by atoms with van der Waals surface area (Å²) in [5.74, 6) is 0. The van der Waals surface area contributed by atoms with E-state index in [0.29, 0.717) is 5.69 Å². The fourth-order valence-electron chi connectivity index (χ4n) is 2.43. The normalized spacial score (nSPS) is 22.1. The van der Waals surface area contributed by atoms with E-state index < -0.39 is 11.0 Å². The summed E-state index contributed by atoms with van der Waals surface area (Å²) >= 11 is 0. The SMILES string of the molecule is NC1CCCCCC1OC(=O)Nc1cccc([N+](=O)[O-])c1. The summed E-state index contributed by atoms with van der Waals surface area (Å²) in [5.41, 5.74) is 6.24. The van der Waals surface area contributed by atoms with Crippen molar-refractivity contribution in [2.24, 2.45) is 5.73 Å². The molecule has 1 aliphatic carbocycles. The van der Waals surface area contributed by atoms with Crippen LogP contribution in [0.25, 0.3) is 0 Å². The van der Waals surface area contributed by atoms with Crippen LogP contribution in [0.2, 0.25) is 0 Å². The summed E-state index contributed by atoms with van der Waals surface area (Å²) in [7, 11) is 0. The Kier molecular flexibility index (Phi) is 5.10. The highest BCUT2D eigenvalue weighted by atomic mass is 16.6. The summed E-state index contributed by atoms with van der Waals surface area (Å²) < 4.78 is 5.34. The van der Waals surface area contributed by atoms with Crippen molar-refractivity contribution in [3.05, 3.63) is 34.4 Å². The first-order valence-electron chi connectivity index (χ1n) is 7.04. The Morgan fingerprint density at radius 1 is 1.33 bits per heavy atom. The number of nitro groups is 1. The van der Waals surface area contributed by atoms with Crippen LogP contribution in [0, 0.1) is 10.1 Å². The van der Waals surface area contributed by atoms with Crippen LogP contribution in [0.4, 0.5) is 16.2 Å². The lowest BCUT2D eigenvalue weighted by Gasteiger charge is -2.21. The Labute approximate surface area is 122 Å². The molecule has 114 valence electrons. The minimum Gasteiger partial charge on any atom is -0.444 e. The average molecular weight is 293 g/mol. The van der Waals surface area contributed by atoms with Gasteiger partial charge in [0.2, 0.25) is 0 Å². The molecule has 1 fully saturated rings. The van der Waals surface area contributed by atoms with Gasteiger partial charge in [-0.1, -0.05) is 18.9 Å². The lowest BCUT2D eigenvalue weighted by molar-refractivity contribution is -0.384. The second-order valence-corrected chi connectivity index (χ2v) is 5.18. The van der Waals surface area contributed by atoms with Gasteiger partial charge in [-0.25, -0.2) is 4.79 Å². The van der Waals surface area contributed by atoms with Gasteiger partial charge in [0.05, 0.1) is 10.6 Å². The summed E-state index contributed by atoms with van der Waals surface area (Å²) in [4.78, 5) is 22.0. The summed E-state index contributed by atoms with van der Waals surface area (Å²) in [6.07, 6.45) is 3.80. The van der Waals surface area contributed by atoms with Gasteiger partial charge >= 0.3 is 6.09 Å². The number of non-ortho nitro benzene ring substituents is 1. The van der Waals surface area contributed by atoms with Crippen LogP contribution in [-0.4, -0.2) is 23.2 Å². The zero-order chi connectivity index (χ0) is 15.2. The fourth-order valence-corrected chi connectivity index (χ4v) is 2.43. The molecule has 0 radical (unpaired) electrons. The van der Waals surface area contributed by atoms with E-state index in [-0.39, 0.29) is 17.8 Å². The van der Waals surface area contributed by atoms with Gasteiger partial charge in [-0.05, 0) is 25.3 Å². The number of amides is 1. The predicted molar refractivity (Wildman–Crippen MR) is 78.0 cm³/mol. The number of hydrogen-bond acceptors (Lipinski definition) is 5. The Morgan fingerprint density at radius 2 is 2.10 bits per heavy atom. The number of carbonyl (C=O) groups is 1. The van der Waals surface area contributed by atoms with Crippen LogP contribution in [0.15, 0.2) is 24.3 Å². The molecule has 7 nitrogen and oxygen atoms in total. The summed E-state index contributed by atoms with van der Waals surface area (Å²) in [6, 6.07) is 5.57. The zero-order valence-electron chi connectivity index (χ0n) is 11.7. The first-order chi connectivity index (χ1) is 10.1. The Bertz CT molecular complexity index is 521. The fraction of sp³-hybridized carbons (Fsp3) is 0.500. The topological polar surface area (TPSA) is 107 Å². The van der Waals surface area contributed by atoms with Gasteiger partial charge in [-0.2, -0.15) is 0 Å². The molecule has 2 rings (SSSR count). The highest BCUT2D eigenvalue weighted by Crippen LogP contribution is 2.21. The Morgan fingerprint density at radius 3 is 2.86 bits per heavy atom. The molecule has 0 aromatic heterocycles. The van der Waals surface area contributed by atoms with Gasteiger partial charge in [0.15, 0.2) is 0 Å². The highest BCUT2D eigenvalue weighted by Gasteiger charge is 2.24. The maximum atomic E-state index is 11.9. The molecule has 3 N–H and O–H groups in total. The van der Waals surface area contributed by atoms with Gasteiger partial charge in [-0.3, -0.25) is 15.4 Å². The number of ether oxygens (including phenoxy) is 1. The molecule has 0 aliphatic heterocycles. The molecule has 0 heterocycles. The molecule has 1 amide bonds. The molecule has 0 saturated heterocycles. The minimum atomic E-state index is -0.627. The van der Waals surface area contributed by atoms with Crippen molar-refractivity contribution in [3.8, 4) is 0 Å². The van der Waals surface area contributed by atoms with Crippen LogP contribution < -0.4 is 11.1 Å². The van der Waals surface area contributed by atoms with Gasteiger partial charge in [0.25, 0.3) is 5.69 Å². The molecule has 21 heavy (non-hydrogen) atoms. The number of nitro benzene ring substituents is 1. The second kappa shape index (κ2) is 7.03. The lowest BCUT2D eigenvalue weighted by Crippen LogP contribution is -2.38. The monoisotopic (exact) mass is 293 g/mol. The number of carbonyl (C=O) groups excluding carboxylic acids is 1. The number of nitrogens with one attached hydrogen (secondary N) is 1. The molecule has 0 bridgehead atoms. The molecule has 1 aromatic rings. The van der Waals surface area contributed by atoms with E-state index in [0.717, 1.165) is 32.1 Å². The summed E-state index contributed by atoms with van der Waals surface area (Å²) in [5, 5.41) is 13.2. The molecule has 1 aromatic carbocycles. The number of anilines is 1. The highest BCUT2D eigenvalue weighted by molar-refractivity contribution is 5.85. The maximum Gasteiger partial charge on any atom is 0.411 e. The molecule has 7 heteroatoms. The van der Waals surface area contributed by atoms with Crippen molar-refractivity contribution in [2.45, 2.75) is 44.2 Å². The molecular formula is C14H19N3O4. The van der Waals surface area contributed by atoms with E-state index in [2.05, 4.69) is 5.32 Å². The Hall–Kier alpha value is -2.15. The summed E-state index contributed by atoms with van der Waals surface area (Å²) in [6.45, 7) is 0. The quantitative estimate of drug-likeness (QED) is 0.506. The molecule has 2 unspecified atom stereocenters. The van der Waals surface area contributed by atoms with Gasteiger partial charge in [0, 0.05) is 18.2 Å². The van der Waals surface area contributed by atoms with E-state index in [1.165, 1.54) is 18.2 Å². The standard InChI is InChI=1S/C14H19N3O4/c15-12-7-2-1-3-8-13(12)21-14(18)16-10-5-4-6-11(9-10)17(19)20/h4-6,9,12-13H,1-3,7-8,15H2,(H,16,18). The van der Waals surface area contributed by atoms with Crippen molar-refractivity contribution in [1.29, 1.82) is 0 Å². The van der Waals surface area contributed by atoms with Crippen molar-refractivity contribution < 1.29 is 14.5 Å². The van der Waals surface area contributed by atoms with E-state index in [1.807, 2.05) is 0 Å². The van der Waals surface area contributed by atoms with Crippen molar-refractivity contribution in [3.63, 3.8) is 0 Å². The third kappa shape index (κ3) is 4.42. The second-order valence-electron chi connectivity index (χ2n) is 5.18. The average Bonchev–Trinajstić information content (AvgIpc) is 2.64. The van der Waals surface area contributed by atoms with Crippen LogP contribution in [0.3, 0.4) is 0 Å². The number of hydrogen-bond donors (Lipinski definition) is 2. The molecule has 1 saturated carbocycles. The zero-order valence-corrected chi connectivity index (χ0v) is 11.7. The van der Waals surface area contributed by atoms with E-state index in [9.17, 15) is 14.9 Å². The van der Waals surface area contributed by atoms with E-state index in [4.69, 9.17) is 10.5 Å². The third-order valence-electron chi connectivity index (χ3n) is 3.57. The van der Waals surface area contributed by atoms with Crippen LogP contribution >= 0.6 is 0 Å². The number of nitrogens with two attached hydrogens (primary N) is 1. The first-order valence-corrected chi connectivity index (χ1v) is 7.04.